The molecule has 0 aliphatic rings. The molecule has 3 rings (SSSR count). The van der Waals surface area contributed by atoms with E-state index in [-0.39, 0.29) is 11.6 Å². The number of hydrogen-bond acceptors (Lipinski definition) is 5. The highest BCUT2D eigenvalue weighted by atomic mass is 35.5. The molecule has 3 aromatic heterocycles. The van der Waals surface area contributed by atoms with Gasteiger partial charge in [0.25, 0.3) is 5.91 Å². The quantitative estimate of drug-likeness (QED) is 0.729. The molecule has 0 N–H and O–H groups in total. The van der Waals surface area contributed by atoms with Crippen LogP contribution in [0, 0.1) is 13.8 Å². The van der Waals surface area contributed by atoms with E-state index >= 15 is 0 Å². The van der Waals surface area contributed by atoms with Crippen molar-refractivity contribution in [2.75, 3.05) is 11.9 Å². The zero-order chi connectivity index (χ0) is 16.6. The molecule has 0 aliphatic carbocycles. The Morgan fingerprint density at radius 1 is 1.35 bits per heavy atom. The van der Waals surface area contributed by atoms with Crippen LogP contribution in [0.2, 0.25) is 5.02 Å². The van der Waals surface area contributed by atoms with Crippen LogP contribution in [0.3, 0.4) is 0 Å². The minimum Gasteiger partial charge on any atom is -0.286 e. The van der Waals surface area contributed by atoms with Crippen molar-refractivity contribution in [2.45, 2.75) is 13.8 Å². The van der Waals surface area contributed by atoms with Gasteiger partial charge in [0, 0.05) is 24.3 Å². The lowest BCUT2D eigenvalue weighted by atomic mass is 10.3. The van der Waals surface area contributed by atoms with Gasteiger partial charge in [-0.25, -0.2) is 14.6 Å². The SMILES string of the molecule is Cc1cc(C)n(-c2ccc(Cl)c(C(=O)N(C)c3nccs3)n2)n1. The average molecular weight is 348 g/mol. The number of nitrogens with zero attached hydrogens (tertiary/aromatic N) is 5. The first-order valence-electron chi connectivity index (χ1n) is 6.85. The number of aryl methyl sites for hydroxylation is 2. The lowest BCUT2D eigenvalue weighted by Gasteiger charge is -2.14. The van der Waals surface area contributed by atoms with E-state index in [1.165, 1.54) is 16.2 Å². The molecule has 0 spiro atoms. The number of rotatable bonds is 3. The first-order chi connectivity index (χ1) is 11.0. The second-order valence-electron chi connectivity index (χ2n) is 5.02. The zero-order valence-electron chi connectivity index (χ0n) is 12.8. The average Bonchev–Trinajstić information content (AvgIpc) is 3.16. The van der Waals surface area contributed by atoms with Gasteiger partial charge >= 0.3 is 0 Å². The number of thiazole rings is 1. The number of carbonyl (C=O) groups excluding carboxylic acids is 1. The summed E-state index contributed by atoms with van der Waals surface area (Å²) < 4.78 is 1.69. The van der Waals surface area contributed by atoms with E-state index in [1.807, 2.05) is 19.9 Å². The first-order valence-corrected chi connectivity index (χ1v) is 8.11. The lowest BCUT2D eigenvalue weighted by Crippen LogP contribution is -2.27. The Kier molecular flexibility index (Phi) is 4.14. The molecule has 3 heterocycles. The minimum atomic E-state index is -0.312. The van der Waals surface area contributed by atoms with E-state index in [2.05, 4.69) is 15.1 Å². The second-order valence-corrected chi connectivity index (χ2v) is 6.30. The Morgan fingerprint density at radius 3 is 2.74 bits per heavy atom. The summed E-state index contributed by atoms with van der Waals surface area (Å²) in [5.41, 5.74) is 1.99. The van der Waals surface area contributed by atoms with E-state index in [0.717, 1.165) is 11.4 Å². The number of hydrogen-bond donors (Lipinski definition) is 0. The fourth-order valence-electron chi connectivity index (χ4n) is 2.19. The predicted octanol–water partition coefficient (Wildman–Crippen LogP) is 3.27. The zero-order valence-corrected chi connectivity index (χ0v) is 14.4. The molecular formula is C15H14ClN5OS. The van der Waals surface area contributed by atoms with Gasteiger partial charge < -0.3 is 0 Å². The second kappa shape index (κ2) is 6.10. The fraction of sp³-hybridized carbons (Fsp3) is 0.200. The number of carbonyl (C=O) groups is 1. The first kappa shape index (κ1) is 15.6. The van der Waals surface area contributed by atoms with Crippen molar-refractivity contribution in [1.29, 1.82) is 0 Å². The predicted molar refractivity (Wildman–Crippen MR) is 90.7 cm³/mol. The van der Waals surface area contributed by atoms with Crippen LogP contribution in [-0.2, 0) is 0 Å². The molecule has 0 fully saturated rings. The molecule has 0 radical (unpaired) electrons. The molecule has 3 aromatic rings. The van der Waals surface area contributed by atoms with Crippen LogP contribution < -0.4 is 4.90 Å². The van der Waals surface area contributed by atoms with Crippen molar-refractivity contribution in [2.24, 2.45) is 0 Å². The summed E-state index contributed by atoms with van der Waals surface area (Å²) in [5.74, 6) is 0.240. The monoisotopic (exact) mass is 347 g/mol. The Labute approximate surface area is 142 Å². The van der Waals surface area contributed by atoms with Gasteiger partial charge in [-0.3, -0.25) is 9.69 Å². The number of amides is 1. The van der Waals surface area contributed by atoms with Crippen LogP contribution >= 0.6 is 22.9 Å². The van der Waals surface area contributed by atoms with Gasteiger partial charge in [0.1, 0.15) is 5.69 Å². The third kappa shape index (κ3) is 2.97. The van der Waals surface area contributed by atoms with Gasteiger partial charge in [-0.1, -0.05) is 11.6 Å². The molecular weight excluding hydrogens is 334 g/mol. The van der Waals surface area contributed by atoms with Crippen LogP contribution in [0.15, 0.2) is 29.8 Å². The van der Waals surface area contributed by atoms with E-state index in [0.29, 0.717) is 16.0 Å². The van der Waals surface area contributed by atoms with Gasteiger partial charge in [-0.2, -0.15) is 5.10 Å². The molecule has 0 unspecified atom stereocenters. The van der Waals surface area contributed by atoms with Gasteiger partial charge in [-0.15, -0.1) is 11.3 Å². The highest BCUT2D eigenvalue weighted by molar-refractivity contribution is 7.13. The highest BCUT2D eigenvalue weighted by Crippen LogP contribution is 2.22. The Hall–Kier alpha value is -2.25. The maximum Gasteiger partial charge on any atom is 0.280 e. The molecule has 0 aromatic carbocycles. The largest absolute Gasteiger partial charge is 0.286 e. The smallest absolute Gasteiger partial charge is 0.280 e. The van der Waals surface area contributed by atoms with Crippen LogP contribution in [0.4, 0.5) is 5.13 Å². The van der Waals surface area contributed by atoms with Crippen molar-refractivity contribution in [3.05, 3.63) is 51.9 Å². The molecule has 6 nitrogen and oxygen atoms in total. The maximum atomic E-state index is 12.7. The molecule has 0 saturated carbocycles. The summed E-state index contributed by atoms with van der Waals surface area (Å²) >= 11 is 7.54. The van der Waals surface area contributed by atoms with Crippen LogP contribution in [0.1, 0.15) is 21.9 Å². The van der Waals surface area contributed by atoms with Crippen molar-refractivity contribution in [3.8, 4) is 5.82 Å². The Balaban J connectivity index is 2.01. The van der Waals surface area contributed by atoms with E-state index in [9.17, 15) is 4.79 Å². The number of halogens is 1. The van der Waals surface area contributed by atoms with E-state index in [1.54, 1.807) is 35.4 Å². The molecule has 1 amide bonds. The van der Waals surface area contributed by atoms with Crippen LogP contribution in [0.5, 0.6) is 0 Å². The molecule has 0 atom stereocenters. The normalized spacial score (nSPS) is 10.8. The standard InChI is InChI=1S/C15H14ClN5OS/c1-9-8-10(2)21(19-9)12-5-4-11(16)13(18-12)14(22)20(3)15-17-6-7-23-15/h4-8H,1-3H3. The minimum absolute atomic E-state index is 0.175. The summed E-state index contributed by atoms with van der Waals surface area (Å²) in [6.07, 6.45) is 1.64. The highest BCUT2D eigenvalue weighted by Gasteiger charge is 2.21. The topological polar surface area (TPSA) is 63.9 Å². The van der Waals surface area contributed by atoms with Crippen molar-refractivity contribution in [1.82, 2.24) is 19.7 Å². The fourth-order valence-corrected chi connectivity index (χ4v) is 2.98. The summed E-state index contributed by atoms with van der Waals surface area (Å²) in [6.45, 7) is 3.83. The van der Waals surface area contributed by atoms with Gasteiger partial charge in [0.2, 0.25) is 0 Å². The van der Waals surface area contributed by atoms with Crippen LogP contribution in [-0.4, -0.2) is 32.7 Å². The van der Waals surface area contributed by atoms with Gasteiger partial charge in [-0.05, 0) is 32.0 Å². The van der Waals surface area contributed by atoms with Gasteiger partial charge in [0.05, 0.1) is 10.7 Å². The molecule has 118 valence electrons. The molecule has 0 saturated heterocycles. The van der Waals surface area contributed by atoms with Crippen molar-refractivity contribution >= 4 is 34.0 Å². The van der Waals surface area contributed by atoms with Gasteiger partial charge in [0.15, 0.2) is 10.9 Å². The Morgan fingerprint density at radius 2 is 2.13 bits per heavy atom. The molecule has 23 heavy (non-hydrogen) atoms. The van der Waals surface area contributed by atoms with E-state index < -0.39 is 0 Å². The van der Waals surface area contributed by atoms with Crippen molar-refractivity contribution < 1.29 is 4.79 Å². The number of pyridine rings is 1. The summed E-state index contributed by atoms with van der Waals surface area (Å²) in [5, 5.41) is 7.07. The lowest BCUT2D eigenvalue weighted by molar-refractivity contribution is 0.0988. The summed E-state index contributed by atoms with van der Waals surface area (Å²) in [4.78, 5) is 22.6. The number of aromatic nitrogens is 4. The maximum absolute atomic E-state index is 12.7. The molecule has 8 heteroatoms. The van der Waals surface area contributed by atoms with E-state index in [4.69, 9.17) is 11.6 Å². The molecule has 0 bridgehead atoms. The summed E-state index contributed by atoms with van der Waals surface area (Å²) in [7, 11) is 1.65. The van der Waals surface area contributed by atoms with Crippen LogP contribution in [0.25, 0.3) is 5.82 Å². The Bertz CT molecular complexity index is 859. The third-order valence-corrected chi connectivity index (χ3v) is 4.42. The third-order valence-electron chi connectivity index (χ3n) is 3.27. The van der Waals surface area contributed by atoms with Crippen molar-refractivity contribution in [3.63, 3.8) is 0 Å². The number of anilines is 1. The summed E-state index contributed by atoms with van der Waals surface area (Å²) in [6, 6.07) is 5.34. The molecule has 0 aliphatic heterocycles.